The third-order valence-electron chi connectivity index (χ3n) is 3.54. The van der Waals surface area contributed by atoms with E-state index in [1.807, 2.05) is 26.0 Å². The summed E-state index contributed by atoms with van der Waals surface area (Å²) < 4.78 is 22.5. The molecular formula is C17H28Cl2IN3O2S. The van der Waals surface area contributed by atoms with E-state index in [1.165, 1.54) is 6.26 Å². The number of aliphatic imine (C=N–C) groups is 1. The van der Waals surface area contributed by atoms with Crippen molar-refractivity contribution < 1.29 is 8.42 Å². The average molecular weight is 536 g/mol. The highest BCUT2D eigenvalue weighted by atomic mass is 127. The smallest absolute Gasteiger partial charge is 0.191 e. The summed E-state index contributed by atoms with van der Waals surface area (Å²) in [5.41, 5.74) is 1.06. The van der Waals surface area contributed by atoms with Gasteiger partial charge in [-0.2, -0.15) is 0 Å². The lowest BCUT2D eigenvalue weighted by Gasteiger charge is -2.17. The molecule has 1 atom stereocenters. The van der Waals surface area contributed by atoms with Crippen LogP contribution < -0.4 is 10.6 Å². The van der Waals surface area contributed by atoms with Gasteiger partial charge in [-0.1, -0.05) is 29.3 Å². The highest BCUT2D eigenvalue weighted by molar-refractivity contribution is 14.0. The summed E-state index contributed by atoms with van der Waals surface area (Å²) in [6.45, 7) is 5.33. The number of rotatable bonds is 9. The molecule has 0 saturated carbocycles. The van der Waals surface area contributed by atoms with E-state index in [2.05, 4.69) is 15.6 Å². The van der Waals surface area contributed by atoms with Crippen molar-refractivity contribution in [3.63, 3.8) is 0 Å². The molecule has 0 aliphatic rings. The number of hydrogen-bond donors (Lipinski definition) is 2. The minimum absolute atomic E-state index is 0. The number of sulfone groups is 1. The summed E-state index contributed by atoms with van der Waals surface area (Å²) in [7, 11) is -2.95. The molecule has 1 rings (SSSR count). The van der Waals surface area contributed by atoms with Gasteiger partial charge >= 0.3 is 0 Å². The first-order valence-electron chi connectivity index (χ1n) is 8.37. The molecule has 150 valence electrons. The number of halogens is 3. The van der Waals surface area contributed by atoms with E-state index in [0.717, 1.165) is 24.9 Å². The first-order chi connectivity index (χ1) is 11.7. The molecule has 0 heterocycles. The molecule has 9 heteroatoms. The number of benzene rings is 1. The van der Waals surface area contributed by atoms with Gasteiger partial charge in [-0.3, -0.25) is 4.99 Å². The molecule has 0 radical (unpaired) electrons. The van der Waals surface area contributed by atoms with Gasteiger partial charge in [0, 0.05) is 35.4 Å². The summed E-state index contributed by atoms with van der Waals surface area (Å²) >= 11 is 12.1. The Bertz CT molecular complexity index is 685. The van der Waals surface area contributed by atoms with Crippen molar-refractivity contribution in [1.82, 2.24) is 10.6 Å². The monoisotopic (exact) mass is 535 g/mol. The standard InChI is InChI=1S/C17H27Cl2N3O2S.HI/c1-4-20-17(22-13(2)9-11-25(3,23)24)21-10-5-6-14-7-8-15(18)12-16(14)19;/h7-8,12-13H,4-6,9-11H2,1-3H3,(H2,20,21,22);1H. The summed E-state index contributed by atoms with van der Waals surface area (Å²) in [5, 5.41) is 7.72. The molecular weight excluding hydrogens is 508 g/mol. The van der Waals surface area contributed by atoms with E-state index in [0.29, 0.717) is 29.0 Å². The lowest BCUT2D eigenvalue weighted by atomic mass is 10.1. The van der Waals surface area contributed by atoms with Crippen LogP contribution in [0.25, 0.3) is 0 Å². The lowest BCUT2D eigenvalue weighted by Crippen LogP contribution is -2.42. The zero-order valence-electron chi connectivity index (χ0n) is 15.4. The van der Waals surface area contributed by atoms with E-state index < -0.39 is 9.84 Å². The van der Waals surface area contributed by atoms with Crippen molar-refractivity contribution in [3.05, 3.63) is 33.8 Å². The Kier molecular flexibility index (Phi) is 12.9. The quantitative estimate of drug-likeness (QED) is 0.217. The fourth-order valence-electron chi connectivity index (χ4n) is 2.20. The second kappa shape index (κ2) is 13.0. The first kappa shape index (κ1) is 25.8. The predicted molar refractivity (Wildman–Crippen MR) is 123 cm³/mol. The summed E-state index contributed by atoms with van der Waals surface area (Å²) in [6, 6.07) is 5.54. The van der Waals surface area contributed by atoms with E-state index in [1.54, 1.807) is 6.07 Å². The molecule has 0 aromatic heterocycles. The first-order valence-corrected chi connectivity index (χ1v) is 11.2. The van der Waals surface area contributed by atoms with Crippen LogP contribution in [0.3, 0.4) is 0 Å². The highest BCUT2D eigenvalue weighted by Gasteiger charge is 2.09. The molecule has 5 nitrogen and oxygen atoms in total. The van der Waals surface area contributed by atoms with Gasteiger partial charge in [0.15, 0.2) is 5.96 Å². The van der Waals surface area contributed by atoms with Gasteiger partial charge in [-0.15, -0.1) is 24.0 Å². The van der Waals surface area contributed by atoms with E-state index in [4.69, 9.17) is 23.2 Å². The fraction of sp³-hybridized carbons (Fsp3) is 0.588. The molecule has 0 amide bonds. The molecule has 2 N–H and O–H groups in total. The molecule has 0 aliphatic carbocycles. The Hall–Kier alpha value is -0.250. The zero-order chi connectivity index (χ0) is 18.9. The normalized spacial score (nSPS) is 13.0. The third kappa shape index (κ3) is 11.5. The Morgan fingerprint density at radius 2 is 2.00 bits per heavy atom. The summed E-state index contributed by atoms with van der Waals surface area (Å²) in [5.74, 6) is 0.862. The van der Waals surface area contributed by atoms with Crippen LogP contribution >= 0.6 is 47.2 Å². The fourth-order valence-corrected chi connectivity index (χ4v) is 3.49. The van der Waals surface area contributed by atoms with Crippen molar-refractivity contribution in [2.45, 2.75) is 39.2 Å². The maximum absolute atomic E-state index is 11.2. The van der Waals surface area contributed by atoms with Crippen LogP contribution in [0.5, 0.6) is 0 Å². The second-order valence-electron chi connectivity index (χ2n) is 6.06. The Morgan fingerprint density at radius 1 is 1.31 bits per heavy atom. The number of aryl methyl sites for hydroxylation is 1. The van der Waals surface area contributed by atoms with Gasteiger partial charge in [-0.05, 0) is 50.8 Å². The van der Waals surface area contributed by atoms with Crippen LogP contribution in [0.2, 0.25) is 10.0 Å². The van der Waals surface area contributed by atoms with Gasteiger partial charge < -0.3 is 10.6 Å². The Balaban J connectivity index is 0.00000625. The van der Waals surface area contributed by atoms with Crippen LogP contribution in [0.1, 0.15) is 32.3 Å². The maximum atomic E-state index is 11.2. The number of nitrogens with zero attached hydrogens (tertiary/aromatic N) is 1. The number of guanidine groups is 1. The van der Waals surface area contributed by atoms with Crippen molar-refractivity contribution in [3.8, 4) is 0 Å². The third-order valence-corrected chi connectivity index (χ3v) is 5.10. The van der Waals surface area contributed by atoms with Gasteiger partial charge in [0.05, 0.1) is 5.75 Å². The largest absolute Gasteiger partial charge is 0.357 e. The SMILES string of the molecule is CCNC(=NCCCc1ccc(Cl)cc1Cl)NC(C)CCS(C)(=O)=O.I. The van der Waals surface area contributed by atoms with Gasteiger partial charge in [-0.25, -0.2) is 8.42 Å². The minimum atomic E-state index is -2.95. The van der Waals surface area contributed by atoms with E-state index in [9.17, 15) is 8.42 Å². The molecule has 0 fully saturated rings. The highest BCUT2D eigenvalue weighted by Crippen LogP contribution is 2.21. The van der Waals surface area contributed by atoms with Crippen LogP contribution in [-0.4, -0.2) is 45.5 Å². The zero-order valence-corrected chi connectivity index (χ0v) is 20.0. The minimum Gasteiger partial charge on any atom is -0.357 e. The molecule has 1 unspecified atom stereocenters. The molecule has 0 bridgehead atoms. The average Bonchev–Trinajstić information content (AvgIpc) is 2.50. The van der Waals surface area contributed by atoms with Gasteiger partial charge in [0.2, 0.25) is 0 Å². The maximum Gasteiger partial charge on any atom is 0.191 e. The van der Waals surface area contributed by atoms with E-state index >= 15 is 0 Å². The molecule has 0 spiro atoms. The van der Waals surface area contributed by atoms with Crippen molar-refractivity contribution >= 4 is 63.0 Å². The predicted octanol–water partition coefficient (Wildman–Crippen LogP) is 3.92. The molecule has 0 saturated heterocycles. The molecule has 1 aromatic rings. The molecule has 26 heavy (non-hydrogen) atoms. The summed E-state index contributed by atoms with van der Waals surface area (Å²) in [6.07, 6.45) is 3.47. The lowest BCUT2D eigenvalue weighted by molar-refractivity contribution is 0.581. The number of nitrogens with one attached hydrogen (secondary N) is 2. The van der Waals surface area contributed by atoms with Gasteiger partial charge in [0.25, 0.3) is 0 Å². The van der Waals surface area contributed by atoms with Crippen LogP contribution in [0, 0.1) is 0 Å². The topological polar surface area (TPSA) is 70.6 Å². The van der Waals surface area contributed by atoms with Crippen molar-refractivity contribution in [2.24, 2.45) is 4.99 Å². The summed E-state index contributed by atoms with van der Waals surface area (Å²) in [4.78, 5) is 4.54. The van der Waals surface area contributed by atoms with Crippen LogP contribution in [0.15, 0.2) is 23.2 Å². The second-order valence-corrected chi connectivity index (χ2v) is 9.17. The number of hydrogen-bond acceptors (Lipinski definition) is 3. The van der Waals surface area contributed by atoms with Crippen LogP contribution in [0.4, 0.5) is 0 Å². The van der Waals surface area contributed by atoms with Crippen molar-refractivity contribution in [1.29, 1.82) is 0 Å². The van der Waals surface area contributed by atoms with Crippen LogP contribution in [-0.2, 0) is 16.3 Å². The molecule has 0 aliphatic heterocycles. The Morgan fingerprint density at radius 3 is 2.58 bits per heavy atom. The molecule has 1 aromatic carbocycles. The van der Waals surface area contributed by atoms with Gasteiger partial charge in [0.1, 0.15) is 9.84 Å². The van der Waals surface area contributed by atoms with E-state index in [-0.39, 0.29) is 35.8 Å². The Labute approximate surface area is 184 Å². The van der Waals surface area contributed by atoms with Crippen molar-refractivity contribution in [2.75, 3.05) is 25.1 Å².